The smallest absolute Gasteiger partial charge is 0.257 e. The number of benzene rings is 1. The molecule has 0 unspecified atom stereocenters. The fraction of sp³-hybridized carbons (Fsp3) is 0.176. The van der Waals surface area contributed by atoms with Crippen LogP contribution in [0.2, 0.25) is 0 Å². The van der Waals surface area contributed by atoms with E-state index in [2.05, 4.69) is 22.1 Å². The highest BCUT2D eigenvalue weighted by Crippen LogP contribution is 2.18. The number of carbonyl (C=O) groups excluding carboxylic acids is 1. The molecular formula is C17H17N3O. The Morgan fingerprint density at radius 2 is 2.14 bits per heavy atom. The molecular weight excluding hydrogens is 262 g/mol. The first-order valence-corrected chi connectivity index (χ1v) is 6.64. The summed E-state index contributed by atoms with van der Waals surface area (Å²) in [5.41, 5.74) is 9.13. The van der Waals surface area contributed by atoms with E-state index in [1.807, 2.05) is 25.1 Å². The molecule has 1 amide bonds. The average Bonchev–Trinajstić information content (AvgIpc) is 2.47. The number of carbonyl (C=O) groups is 1. The van der Waals surface area contributed by atoms with E-state index in [1.165, 1.54) is 0 Å². The van der Waals surface area contributed by atoms with Crippen molar-refractivity contribution in [2.75, 3.05) is 11.9 Å². The molecule has 4 heteroatoms. The number of nitrogens with two attached hydrogens (primary N) is 1. The lowest BCUT2D eigenvalue weighted by Crippen LogP contribution is -2.15. The molecule has 2 rings (SSSR count). The van der Waals surface area contributed by atoms with Crippen LogP contribution in [-0.2, 0) is 0 Å². The molecule has 1 aromatic heterocycles. The van der Waals surface area contributed by atoms with Crippen LogP contribution >= 0.6 is 0 Å². The van der Waals surface area contributed by atoms with E-state index in [0.29, 0.717) is 16.9 Å². The van der Waals surface area contributed by atoms with E-state index in [-0.39, 0.29) is 12.5 Å². The summed E-state index contributed by atoms with van der Waals surface area (Å²) in [5.74, 6) is 5.58. The van der Waals surface area contributed by atoms with Crippen LogP contribution in [-0.4, -0.2) is 17.4 Å². The van der Waals surface area contributed by atoms with Gasteiger partial charge in [0, 0.05) is 17.5 Å². The zero-order valence-electron chi connectivity index (χ0n) is 12.1. The number of hydrogen-bond donors (Lipinski definition) is 2. The summed E-state index contributed by atoms with van der Waals surface area (Å²) in [5, 5.41) is 2.90. The predicted molar refractivity (Wildman–Crippen MR) is 84.0 cm³/mol. The lowest BCUT2D eigenvalue weighted by molar-refractivity contribution is 0.102. The summed E-state index contributed by atoms with van der Waals surface area (Å²) in [6.07, 6.45) is 1.66. The maximum atomic E-state index is 12.3. The molecule has 0 bridgehead atoms. The lowest BCUT2D eigenvalue weighted by atomic mass is 10.1. The second-order valence-corrected chi connectivity index (χ2v) is 4.65. The molecule has 3 N–H and O–H groups in total. The third-order valence-electron chi connectivity index (χ3n) is 3.00. The van der Waals surface area contributed by atoms with Gasteiger partial charge in [0.05, 0.1) is 17.8 Å². The Labute approximate surface area is 124 Å². The molecule has 0 radical (unpaired) electrons. The van der Waals surface area contributed by atoms with E-state index >= 15 is 0 Å². The second kappa shape index (κ2) is 6.69. The van der Waals surface area contributed by atoms with Crippen molar-refractivity contribution in [2.45, 2.75) is 13.8 Å². The quantitative estimate of drug-likeness (QED) is 0.829. The molecule has 1 aromatic carbocycles. The minimum Gasteiger partial charge on any atom is -0.321 e. The Hall–Kier alpha value is -2.64. The normalized spacial score (nSPS) is 9.67. The van der Waals surface area contributed by atoms with Gasteiger partial charge in [0.1, 0.15) is 0 Å². The van der Waals surface area contributed by atoms with Crippen molar-refractivity contribution in [2.24, 2.45) is 5.73 Å². The Kier molecular flexibility index (Phi) is 4.70. The number of nitrogens with zero attached hydrogens (tertiary/aromatic N) is 1. The Morgan fingerprint density at radius 3 is 2.86 bits per heavy atom. The Balaban J connectivity index is 2.33. The van der Waals surface area contributed by atoms with Crippen molar-refractivity contribution >= 4 is 11.6 Å². The van der Waals surface area contributed by atoms with Gasteiger partial charge in [-0.25, -0.2) is 0 Å². The maximum absolute atomic E-state index is 12.3. The number of nitrogens with one attached hydrogen (secondary N) is 1. The van der Waals surface area contributed by atoms with Crippen molar-refractivity contribution in [1.82, 2.24) is 4.98 Å². The van der Waals surface area contributed by atoms with Crippen molar-refractivity contribution in [1.29, 1.82) is 0 Å². The second-order valence-electron chi connectivity index (χ2n) is 4.65. The molecule has 0 fully saturated rings. The molecule has 106 valence electrons. The van der Waals surface area contributed by atoms with E-state index < -0.39 is 0 Å². The first-order valence-electron chi connectivity index (χ1n) is 6.64. The number of anilines is 1. The standard InChI is InChI=1S/C17H17N3O/c1-12-7-8-14(5-3-9-18)16(11-12)20-17(21)15-6-4-10-19-13(15)2/h4,6-8,10-11H,9,18H2,1-2H3,(H,20,21). The molecule has 0 aliphatic carbocycles. The number of aryl methyl sites for hydroxylation is 2. The first kappa shape index (κ1) is 14.8. The van der Waals surface area contributed by atoms with E-state index in [0.717, 1.165) is 11.1 Å². The third-order valence-corrected chi connectivity index (χ3v) is 3.00. The van der Waals surface area contributed by atoms with E-state index in [4.69, 9.17) is 5.73 Å². The van der Waals surface area contributed by atoms with Gasteiger partial charge in [-0.05, 0) is 43.7 Å². The number of aromatic nitrogens is 1. The molecule has 2 aromatic rings. The summed E-state index contributed by atoms with van der Waals surface area (Å²) in [7, 11) is 0. The summed E-state index contributed by atoms with van der Waals surface area (Å²) in [4.78, 5) is 16.5. The van der Waals surface area contributed by atoms with Crippen LogP contribution < -0.4 is 11.1 Å². The fourth-order valence-corrected chi connectivity index (χ4v) is 1.93. The average molecular weight is 279 g/mol. The van der Waals surface area contributed by atoms with Crippen LogP contribution in [0.1, 0.15) is 27.2 Å². The number of pyridine rings is 1. The summed E-state index contributed by atoms with van der Waals surface area (Å²) in [6.45, 7) is 4.05. The Morgan fingerprint density at radius 1 is 1.33 bits per heavy atom. The predicted octanol–water partition coefficient (Wildman–Crippen LogP) is 2.26. The van der Waals surface area contributed by atoms with Gasteiger partial charge in [0.2, 0.25) is 0 Å². The van der Waals surface area contributed by atoms with Gasteiger partial charge in [-0.2, -0.15) is 0 Å². The minimum absolute atomic E-state index is 0.193. The molecule has 0 aliphatic heterocycles. The lowest BCUT2D eigenvalue weighted by Gasteiger charge is -2.10. The SMILES string of the molecule is Cc1ccc(C#CCN)c(NC(=O)c2cccnc2C)c1. The molecule has 0 spiro atoms. The van der Waals surface area contributed by atoms with Crippen LogP contribution in [0.25, 0.3) is 0 Å². The van der Waals surface area contributed by atoms with Crippen LogP contribution in [0.4, 0.5) is 5.69 Å². The van der Waals surface area contributed by atoms with Gasteiger partial charge in [-0.3, -0.25) is 9.78 Å². The zero-order valence-corrected chi connectivity index (χ0v) is 12.1. The number of amides is 1. The van der Waals surface area contributed by atoms with Crippen molar-refractivity contribution in [3.63, 3.8) is 0 Å². The van der Waals surface area contributed by atoms with Gasteiger partial charge in [0.15, 0.2) is 0 Å². The molecule has 0 atom stereocenters. The number of rotatable bonds is 2. The van der Waals surface area contributed by atoms with Crippen LogP contribution in [0, 0.1) is 25.7 Å². The van der Waals surface area contributed by atoms with Crippen molar-refractivity contribution in [3.05, 3.63) is 58.9 Å². The first-order chi connectivity index (χ1) is 10.1. The van der Waals surface area contributed by atoms with Gasteiger partial charge in [-0.1, -0.05) is 17.9 Å². The summed E-state index contributed by atoms with van der Waals surface area (Å²) >= 11 is 0. The van der Waals surface area contributed by atoms with Gasteiger partial charge in [-0.15, -0.1) is 0 Å². The van der Waals surface area contributed by atoms with Crippen molar-refractivity contribution in [3.8, 4) is 11.8 Å². The van der Waals surface area contributed by atoms with Crippen LogP contribution in [0.15, 0.2) is 36.5 Å². The van der Waals surface area contributed by atoms with Gasteiger partial charge >= 0.3 is 0 Å². The van der Waals surface area contributed by atoms with Crippen molar-refractivity contribution < 1.29 is 4.79 Å². The number of hydrogen-bond acceptors (Lipinski definition) is 3. The zero-order chi connectivity index (χ0) is 15.2. The van der Waals surface area contributed by atoms with E-state index in [9.17, 15) is 4.79 Å². The minimum atomic E-state index is -0.193. The monoisotopic (exact) mass is 279 g/mol. The highest BCUT2D eigenvalue weighted by molar-refractivity contribution is 6.05. The highest BCUT2D eigenvalue weighted by atomic mass is 16.1. The summed E-state index contributed by atoms with van der Waals surface area (Å²) < 4.78 is 0. The summed E-state index contributed by atoms with van der Waals surface area (Å²) in [6, 6.07) is 9.21. The largest absolute Gasteiger partial charge is 0.321 e. The molecule has 1 heterocycles. The topological polar surface area (TPSA) is 68.0 Å². The van der Waals surface area contributed by atoms with Crippen LogP contribution in [0.5, 0.6) is 0 Å². The van der Waals surface area contributed by atoms with Gasteiger partial charge < -0.3 is 11.1 Å². The molecule has 0 saturated carbocycles. The highest BCUT2D eigenvalue weighted by Gasteiger charge is 2.11. The third kappa shape index (κ3) is 3.68. The molecule has 0 aliphatic rings. The van der Waals surface area contributed by atoms with Gasteiger partial charge in [0.25, 0.3) is 5.91 Å². The molecule has 4 nitrogen and oxygen atoms in total. The Bertz CT molecular complexity index is 726. The van der Waals surface area contributed by atoms with Crippen LogP contribution in [0.3, 0.4) is 0 Å². The maximum Gasteiger partial charge on any atom is 0.257 e. The molecule has 0 saturated heterocycles. The fourth-order valence-electron chi connectivity index (χ4n) is 1.93. The van der Waals surface area contributed by atoms with E-state index in [1.54, 1.807) is 25.3 Å². The molecule has 21 heavy (non-hydrogen) atoms.